The zero-order valence-corrected chi connectivity index (χ0v) is 13.3. The van der Waals surface area contributed by atoms with Gasteiger partial charge in [0.25, 0.3) is 0 Å². The van der Waals surface area contributed by atoms with E-state index in [0.29, 0.717) is 17.9 Å². The maximum absolute atomic E-state index is 12.6. The summed E-state index contributed by atoms with van der Waals surface area (Å²) in [7, 11) is 2.21. The highest BCUT2D eigenvalue weighted by molar-refractivity contribution is 5.79. The van der Waals surface area contributed by atoms with E-state index in [1.807, 2.05) is 0 Å². The molecule has 0 radical (unpaired) electrons. The first-order chi connectivity index (χ1) is 9.47. The lowest BCUT2D eigenvalue weighted by Gasteiger charge is -2.55. The minimum atomic E-state index is 0.236. The fourth-order valence-electron chi connectivity index (χ4n) is 4.62. The van der Waals surface area contributed by atoms with Crippen molar-refractivity contribution in [2.45, 2.75) is 51.1 Å². The van der Waals surface area contributed by atoms with Crippen LogP contribution in [0, 0.1) is 5.92 Å². The van der Waals surface area contributed by atoms with Crippen molar-refractivity contribution >= 4 is 5.91 Å². The number of likely N-dealkylation sites (N-methyl/N-ethyl adjacent to an activating group) is 1. The van der Waals surface area contributed by atoms with Crippen LogP contribution >= 0.6 is 0 Å². The highest BCUT2D eigenvalue weighted by atomic mass is 16.2. The Hall–Kier alpha value is -0.610. The van der Waals surface area contributed by atoms with Crippen molar-refractivity contribution in [2.75, 3.05) is 39.8 Å². The maximum atomic E-state index is 12.6. The molecule has 2 saturated heterocycles. The topological polar surface area (TPSA) is 26.8 Å². The first-order valence-corrected chi connectivity index (χ1v) is 8.21. The number of nitrogens with zero attached hydrogens (tertiary/aromatic N) is 3. The maximum Gasteiger partial charge on any atom is 0.225 e. The zero-order valence-electron chi connectivity index (χ0n) is 13.3. The molecule has 2 aliphatic heterocycles. The molecule has 4 nitrogen and oxygen atoms in total. The second-order valence-electron chi connectivity index (χ2n) is 7.62. The van der Waals surface area contributed by atoms with E-state index < -0.39 is 0 Å². The third kappa shape index (κ3) is 2.60. The van der Waals surface area contributed by atoms with Gasteiger partial charge in [0, 0.05) is 50.2 Å². The summed E-state index contributed by atoms with van der Waals surface area (Å²) >= 11 is 0. The Labute approximate surface area is 123 Å². The molecule has 1 amide bonds. The summed E-state index contributed by atoms with van der Waals surface area (Å²) in [6, 6.07) is 0.517. The van der Waals surface area contributed by atoms with Crippen LogP contribution in [0.5, 0.6) is 0 Å². The van der Waals surface area contributed by atoms with E-state index in [2.05, 4.69) is 35.6 Å². The van der Waals surface area contributed by atoms with Gasteiger partial charge < -0.3 is 9.80 Å². The predicted octanol–water partition coefficient (Wildman–Crippen LogP) is 1.41. The highest BCUT2D eigenvalue weighted by Crippen LogP contribution is 2.30. The monoisotopic (exact) mass is 279 g/mol. The number of carbonyl (C=O) groups is 1. The lowest BCUT2D eigenvalue weighted by Crippen LogP contribution is -2.69. The molecule has 0 spiro atoms. The SMILES string of the molecule is CN1CC2CN(C(=O)C3CCCC3)CCN2C(C)(C)C1. The van der Waals surface area contributed by atoms with Gasteiger partial charge in [-0.05, 0) is 33.7 Å². The minimum absolute atomic E-state index is 0.236. The summed E-state index contributed by atoms with van der Waals surface area (Å²) in [5.41, 5.74) is 0.236. The van der Waals surface area contributed by atoms with Gasteiger partial charge in [0.05, 0.1) is 0 Å². The summed E-state index contributed by atoms with van der Waals surface area (Å²) in [5.74, 6) is 0.768. The summed E-state index contributed by atoms with van der Waals surface area (Å²) in [6.45, 7) is 9.80. The van der Waals surface area contributed by atoms with Gasteiger partial charge in [-0.2, -0.15) is 0 Å². The summed E-state index contributed by atoms with van der Waals surface area (Å²) in [6.07, 6.45) is 4.73. The average Bonchev–Trinajstić information content (AvgIpc) is 2.89. The third-order valence-corrected chi connectivity index (χ3v) is 5.46. The molecule has 3 aliphatic rings. The number of piperazine rings is 2. The van der Waals surface area contributed by atoms with Crippen LogP contribution in [0.3, 0.4) is 0 Å². The van der Waals surface area contributed by atoms with E-state index >= 15 is 0 Å². The molecule has 1 atom stereocenters. The van der Waals surface area contributed by atoms with Gasteiger partial charge in [0.15, 0.2) is 0 Å². The van der Waals surface area contributed by atoms with Crippen LogP contribution in [0.15, 0.2) is 0 Å². The molecule has 1 unspecified atom stereocenters. The smallest absolute Gasteiger partial charge is 0.225 e. The number of hydrogen-bond donors (Lipinski definition) is 0. The molecule has 0 N–H and O–H groups in total. The molecule has 3 fully saturated rings. The van der Waals surface area contributed by atoms with Gasteiger partial charge in [-0.1, -0.05) is 12.8 Å². The van der Waals surface area contributed by atoms with Crippen LogP contribution in [0.4, 0.5) is 0 Å². The van der Waals surface area contributed by atoms with Crippen LogP contribution in [-0.4, -0.2) is 72.0 Å². The van der Waals surface area contributed by atoms with Crippen molar-refractivity contribution in [3.05, 3.63) is 0 Å². The quantitative estimate of drug-likeness (QED) is 0.726. The van der Waals surface area contributed by atoms with Crippen LogP contribution in [-0.2, 0) is 4.79 Å². The number of hydrogen-bond acceptors (Lipinski definition) is 3. The minimum Gasteiger partial charge on any atom is -0.340 e. The lowest BCUT2D eigenvalue weighted by molar-refractivity contribution is -0.142. The summed E-state index contributed by atoms with van der Waals surface area (Å²) in [4.78, 5) is 19.8. The molecule has 1 aliphatic carbocycles. The third-order valence-electron chi connectivity index (χ3n) is 5.46. The van der Waals surface area contributed by atoms with Crippen molar-refractivity contribution in [3.63, 3.8) is 0 Å². The second kappa shape index (κ2) is 5.30. The van der Waals surface area contributed by atoms with E-state index in [-0.39, 0.29) is 5.54 Å². The van der Waals surface area contributed by atoms with Gasteiger partial charge in [0.2, 0.25) is 5.91 Å². The lowest BCUT2D eigenvalue weighted by atomic mass is 9.92. The van der Waals surface area contributed by atoms with Gasteiger partial charge in [-0.25, -0.2) is 0 Å². The first kappa shape index (κ1) is 14.3. The molecule has 0 bridgehead atoms. The van der Waals surface area contributed by atoms with E-state index in [0.717, 1.165) is 45.6 Å². The normalized spacial score (nSPS) is 32.4. The van der Waals surface area contributed by atoms with E-state index in [4.69, 9.17) is 0 Å². The molecule has 1 saturated carbocycles. The Morgan fingerprint density at radius 1 is 1.10 bits per heavy atom. The molecule has 114 valence electrons. The van der Waals surface area contributed by atoms with Gasteiger partial charge in [0.1, 0.15) is 0 Å². The van der Waals surface area contributed by atoms with Crippen LogP contribution in [0.25, 0.3) is 0 Å². The molecule has 2 heterocycles. The fraction of sp³-hybridized carbons (Fsp3) is 0.938. The number of fused-ring (bicyclic) bond motifs is 1. The standard InChI is InChI=1S/C16H29N3O/c1-16(2)12-17(3)10-14-11-18(8-9-19(14)16)15(20)13-6-4-5-7-13/h13-14H,4-12H2,1-3H3. The molecular weight excluding hydrogens is 250 g/mol. The van der Waals surface area contributed by atoms with Crippen molar-refractivity contribution in [3.8, 4) is 0 Å². The van der Waals surface area contributed by atoms with Crippen molar-refractivity contribution < 1.29 is 4.79 Å². The Bertz CT molecular complexity index is 376. The Morgan fingerprint density at radius 2 is 1.80 bits per heavy atom. The molecule has 20 heavy (non-hydrogen) atoms. The largest absolute Gasteiger partial charge is 0.340 e. The molecular formula is C16H29N3O. The molecule has 0 aromatic rings. The molecule has 0 aromatic carbocycles. The predicted molar refractivity (Wildman–Crippen MR) is 80.6 cm³/mol. The van der Waals surface area contributed by atoms with E-state index in [1.54, 1.807) is 0 Å². The van der Waals surface area contributed by atoms with Gasteiger partial charge in [-0.15, -0.1) is 0 Å². The first-order valence-electron chi connectivity index (χ1n) is 8.21. The fourth-order valence-corrected chi connectivity index (χ4v) is 4.62. The molecule has 3 rings (SSSR count). The van der Waals surface area contributed by atoms with Crippen LogP contribution in [0.1, 0.15) is 39.5 Å². The van der Waals surface area contributed by atoms with E-state index in [9.17, 15) is 4.79 Å². The van der Waals surface area contributed by atoms with Crippen LogP contribution in [0.2, 0.25) is 0 Å². The van der Waals surface area contributed by atoms with Crippen molar-refractivity contribution in [1.82, 2.24) is 14.7 Å². The Balaban J connectivity index is 1.66. The average molecular weight is 279 g/mol. The van der Waals surface area contributed by atoms with Gasteiger partial charge >= 0.3 is 0 Å². The van der Waals surface area contributed by atoms with Gasteiger partial charge in [-0.3, -0.25) is 9.69 Å². The number of rotatable bonds is 1. The van der Waals surface area contributed by atoms with Crippen molar-refractivity contribution in [2.24, 2.45) is 5.92 Å². The van der Waals surface area contributed by atoms with E-state index in [1.165, 1.54) is 12.8 Å². The second-order valence-corrected chi connectivity index (χ2v) is 7.62. The number of carbonyl (C=O) groups excluding carboxylic acids is 1. The summed E-state index contributed by atoms with van der Waals surface area (Å²) in [5, 5.41) is 0. The number of amides is 1. The molecule has 4 heteroatoms. The van der Waals surface area contributed by atoms with Crippen LogP contribution < -0.4 is 0 Å². The Kier molecular flexibility index (Phi) is 3.80. The Morgan fingerprint density at radius 3 is 2.50 bits per heavy atom. The summed E-state index contributed by atoms with van der Waals surface area (Å²) < 4.78 is 0. The molecule has 0 aromatic heterocycles. The highest BCUT2D eigenvalue weighted by Gasteiger charge is 2.43. The van der Waals surface area contributed by atoms with Crippen molar-refractivity contribution in [1.29, 1.82) is 0 Å². The zero-order chi connectivity index (χ0) is 14.3.